The maximum Gasteiger partial charge on any atom is 0.311 e. The van der Waals surface area contributed by atoms with Crippen LogP contribution in [0.5, 0.6) is 5.75 Å². The van der Waals surface area contributed by atoms with Gasteiger partial charge in [0.2, 0.25) is 0 Å². The summed E-state index contributed by atoms with van der Waals surface area (Å²) in [7, 11) is 0. The summed E-state index contributed by atoms with van der Waals surface area (Å²) in [5.74, 6) is -2.53. The van der Waals surface area contributed by atoms with E-state index in [1.165, 1.54) is 36.4 Å². The van der Waals surface area contributed by atoms with Crippen molar-refractivity contribution in [2.45, 2.75) is 18.8 Å². The highest BCUT2D eigenvalue weighted by atomic mass is 19.1. The molecular formula is C17H16F2O3. The number of rotatable bonds is 7. The number of carboxylic acids is 1. The molecule has 0 spiro atoms. The summed E-state index contributed by atoms with van der Waals surface area (Å²) in [6, 6.07) is 11.6. The number of hydrogen-bond donors (Lipinski definition) is 1. The molecule has 1 atom stereocenters. The fraction of sp³-hybridized carbons (Fsp3) is 0.235. The topological polar surface area (TPSA) is 46.5 Å². The van der Waals surface area contributed by atoms with Crippen LogP contribution in [0.3, 0.4) is 0 Å². The molecule has 116 valence electrons. The first-order chi connectivity index (χ1) is 10.6. The van der Waals surface area contributed by atoms with Gasteiger partial charge < -0.3 is 9.84 Å². The largest absolute Gasteiger partial charge is 0.493 e. The smallest absolute Gasteiger partial charge is 0.311 e. The Hall–Kier alpha value is -2.43. The molecule has 1 unspecified atom stereocenters. The Morgan fingerprint density at radius 1 is 1.14 bits per heavy atom. The molecule has 5 heteroatoms. The molecule has 22 heavy (non-hydrogen) atoms. The molecule has 0 amide bonds. The summed E-state index contributed by atoms with van der Waals surface area (Å²) in [6.45, 7) is 0.238. The lowest BCUT2D eigenvalue weighted by atomic mass is 9.94. The van der Waals surface area contributed by atoms with Crippen molar-refractivity contribution in [3.8, 4) is 5.75 Å². The molecule has 0 heterocycles. The molecule has 0 radical (unpaired) electrons. The summed E-state index contributed by atoms with van der Waals surface area (Å²) in [5, 5.41) is 9.25. The predicted molar refractivity (Wildman–Crippen MR) is 77.9 cm³/mol. The van der Waals surface area contributed by atoms with Gasteiger partial charge in [0.1, 0.15) is 17.4 Å². The third kappa shape index (κ3) is 4.28. The van der Waals surface area contributed by atoms with Crippen LogP contribution in [0, 0.1) is 11.6 Å². The van der Waals surface area contributed by atoms with Crippen LogP contribution in [0.25, 0.3) is 0 Å². The van der Waals surface area contributed by atoms with E-state index in [-0.39, 0.29) is 18.6 Å². The van der Waals surface area contributed by atoms with Crippen molar-refractivity contribution in [2.75, 3.05) is 6.61 Å². The molecule has 2 aromatic carbocycles. The van der Waals surface area contributed by atoms with E-state index in [4.69, 9.17) is 4.74 Å². The van der Waals surface area contributed by atoms with E-state index in [9.17, 15) is 18.7 Å². The highest BCUT2D eigenvalue weighted by molar-refractivity contribution is 5.76. The van der Waals surface area contributed by atoms with Crippen molar-refractivity contribution in [1.82, 2.24) is 0 Å². The highest BCUT2D eigenvalue weighted by Crippen LogP contribution is 2.24. The van der Waals surface area contributed by atoms with E-state index in [2.05, 4.69) is 0 Å². The van der Waals surface area contributed by atoms with E-state index in [1.54, 1.807) is 12.1 Å². The molecule has 3 nitrogen and oxygen atoms in total. The van der Waals surface area contributed by atoms with Crippen LogP contribution in [-0.2, 0) is 4.79 Å². The number of carboxylic acid groups (broad SMARTS) is 1. The summed E-state index contributed by atoms with van der Waals surface area (Å²) in [6.07, 6.45) is 0.660. The maximum atomic E-state index is 13.7. The van der Waals surface area contributed by atoms with Gasteiger partial charge in [-0.05, 0) is 31.0 Å². The average molecular weight is 306 g/mol. The van der Waals surface area contributed by atoms with Crippen LogP contribution in [0.2, 0.25) is 0 Å². The number of ether oxygens (including phenoxy) is 1. The number of hydrogen-bond acceptors (Lipinski definition) is 2. The van der Waals surface area contributed by atoms with E-state index in [0.29, 0.717) is 12.2 Å². The summed E-state index contributed by atoms with van der Waals surface area (Å²) in [5.41, 5.74) is 0.167. The van der Waals surface area contributed by atoms with Gasteiger partial charge >= 0.3 is 5.97 Å². The van der Waals surface area contributed by atoms with Crippen molar-refractivity contribution in [3.63, 3.8) is 0 Å². The minimum Gasteiger partial charge on any atom is -0.493 e. The van der Waals surface area contributed by atoms with Crippen LogP contribution in [-0.4, -0.2) is 17.7 Å². The van der Waals surface area contributed by atoms with Crippen LogP contribution >= 0.6 is 0 Å². The number of benzene rings is 2. The van der Waals surface area contributed by atoms with E-state index in [0.717, 1.165) is 0 Å². The highest BCUT2D eigenvalue weighted by Gasteiger charge is 2.22. The third-order valence-corrected chi connectivity index (χ3v) is 3.28. The molecule has 2 rings (SSSR count). The van der Waals surface area contributed by atoms with Gasteiger partial charge in [-0.15, -0.1) is 0 Å². The van der Waals surface area contributed by atoms with E-state index >= 15 is 0 Å². The van der Waals surface area contributed by atoms with Crippen molar-refractivity contribution < 1.29 is 23.4 Å². The Balaban J connectivity index is 1.90. The number of carbonyl (C=O) groups is 1. The van der Waals surface area contributed by atoms with E-state index in [1.807, 2.05) is 0 Å². The molecule has 2 aromatic rings. The summed E-state index contributed by atoms with van der Waals surface area (Å²) >= 11 is 0. The Labute approximate surface area is 127 Å². The van der Waals surface area contributed by atoms with Crippen LogP contribution in [0.1, 0.15) is 24.3 Å². The molecule has 0 fully saturated rings. The second-order valence-corrected chi connectivity index (χ2v) is 4.86. The molecule has 0 saturated carbocycles. The first-order valence-corrected chi connectivity index (χ1v) is 6.93. The minimum absolute atomic E-state index is 0.167. The van der Waals surface area contributed by atoms with Crippen molar-refractivity contribution in [2.24, 2.45) is 0 Å². The molecule has 0 aliphatic rings. The molecule has 1 N–H and O–H groups in total. The second-order valence-electron chi connectivity index (χ2n) is 4.86. The molecule has 0 bridgehead atoms. The normalized spacial score (nSPS) is 11.9. The molecule has 0 saturated heterocycles. The van der Waals surface area contributed by atoms with E-state index < -0.39 is 23.5 Å². The Morgan fingerprint density at radius 3 is 2.59 bits per heavy atom. The third-order valence-electron chi connectivity index (χ3n) is 3.28. The zero-order valence-corrected chi connectivity index (χ0v) is 11.8. The van der Waals surface area contributed by atoms with Gasteiger partial charge in [0.25, 0.3) is 0 Å². The average Bonchev–Trinajstić information content (AvgIpc) is 2.48. The second kappa shape index (κ2) is 7.54. The standard InChI is InChI=1S/C17H16F2O3/c18-12-5-3-6-13(11-12)22-10-4-8-15(17(20)21)14-7-1-2-9-16(14)19/h1-3,5-7,9,11,15H,4,8,10H2,(H,20,21). The lowest BCUT2D eigenvalue weighted by molar-refractivity contribution is -0.139. The van der Waals surface area contributed by atoms with Gasteiger partial charge in [-0.3, -0.25) is 4.79 Å². The fourth-order valence-electron chi connectivity index (χ4n) is 2.20. The van der Waals surface area contributed by atoms with Gasteiger partial charge in [0, 0.05) is 11.6 Å². The van der Waals surface area contributed by atoms with Gasteiger partial charge in [0.15, 0.2) is 0 Å². The zero-order chi connectivity index (χ0) is 15.9. The van der Waals surface area contributed by atoms with Gasteiger partial charge in [-0.1, -0.05) is 24.3 Å². The Morgan fingerprint density at radius 2 is 1.91 bits per heavy atom. The fourth-order valence-corrected chi connectivity index (χ4v) is 2.20. The van der Waals surface area contributed by atoms with Crippen LogP contribution < -0.4 is 4.74 Å². The monoisotopic (exact) mass is 306 g/mol. The minimum atomic E-state index is -1.07. The predicted octanol–water partition coefficient (Wildman–Crippen LogP) is 3.99. The zero-order valence-electron chi connectivity index (χ0n) is 11.8. The first kappa shape index (κ1) is 15.9. The number of aliphatic carboxylic acids is 1. The Kier molecular flexibility index (Phi) is 5.47. The molecule has 0 aliphatic heterocycles. The van der Waals surface area contributed by atoms with Gasteiger partial charge in [0.05, 0.1) is 12.5 Å². The maximum absolute atomic E-state index is 13.7. The number of halogens is 2. The van der Waals surface area contributed by atoms with Crippen LogP contribution in [0.4, 0.5) is 8.78 Å². The van der Waals surface area contributed by atoms with Crippen molar-refractivity contribution in [3.05, 3.63) is 65.7 Å². The van der Waals surface area contributed by atoms with Gasteiger partial charge in [-0.25, -0.2) is 8.78 Å². The summed E-state index contributed by atoms with van der Waals surface area (Å²) in [4.78, 5) is 11.3. The van der Waals surface area contributed by atoms with Crippen molar-refractivity contribution >= 4 is 5.97 Å². The first-order valence-electron chi connectivity index (χ1n) is 6.93. The SMILES string of the molecule is O=C(O)C(CCCOc1cccc(F)c1)c1ccccc1F. The molecule has 0 aromatic heterocycles. The molecule has 0 aliphatic carbocycles. The Bertz CT molecular complexity index is 643. The van der Waals surface area contributed by atoms with Crippen LogP contribution in [0.15, 0.2) is 48.5 Å². The molecular weight excluding hydrogens is 290 g/mol. The lowest BCUT2D eigenvalue weighted by Crippen LogP contribution is -2.14. The van der Waals surface area contributed by atoms with Gasteiger partial charge in [-0.2, -0.15) is 0 Å². The summed E-state index contributed by atoms with van der Waals surface area (Å²) < 4.78 is 32.0. The quantitative estimate of drug-likeness (QED) is 0.787. The van der Waals surface area contributed by atoms with Crippen molar-refractivity contribution in [1.29, 1.82) is 0 Å². The lowest BCUT2D eigenvalue weighted by Gasteiger charge is -2.14.